The molecular weight excluding hydrogens is 449 g/mol. The van der Waals surface area contributed by atoms with Crippen LogP contribution in [-0.4, -0.2) is 18.5 Å². The number of hydrogen-bond donors (Lipinski definition) is 1. The first-order chi connectivity index (χ1) is 10.1. The lowest BCUT2D eigenvalue weighted by molar-refractivity contribution is -0.119. The summed E-state index contributed by atoms with van der Waals surface area (Å²) in [6.45, 7) is -0.323. The standard InChI is InChI=1S/C15H11BrINO3/c16-10-4-3-5-11(8-10)18-14(19)9-21-15(20)12-6-1-2-7-13(12)17/h1-8H,9H2,(H,18,19). The summed E-state index contributed by atoms with van der Waals surface area (Å²) in [7, 11) is 0. The Morgan fingerprint density at radius 3 is 2.62 bits per heavy atom. The average molecular weight is 460 g/mol. The molecule has 0 atom stereocenters. The van der Waals surface area contributed by atoms with E-state index in [9.17, 15) is 9.59 Å². The summed E-state index contributed by atoms with van der Waals surface area (Å²) in [4.78, 5) is 23.6. The monoisotopic (exact) mass is 459 g/mol. The molecule has 0 aliphatic heterocycles. The van der Waals surface area contributed by atoms with Gasteiger partial charge in [0, 0.05) is 13.7 Å². The lowest BCUT2D eigenvalue weighted by Gasteiger charge is -2.07. The Balaban J connectivity index is 1.90. The van der Waals surface area contributed by atoms with Crippen LogP contribution in [0.4, 0.5) is 5.69 Å². The number of nitrogens with one attached hydrogen (secondary N) is 1. The fourth-order valence-electron chi connectivity index (χ4n) is 1.60. The van der Waals surface area contributed by atoms with Gasteiger partial charge in [-0.1, -0.05) is 34.1 Å². The highest BCUT2D eigenvalue weighted by Gasteiger charge is 2.12. The van der Waals surface area contributed by atoms with Crippen LogP contribution in [0.5, 0.6) is 0 Å². The molecule has 4 nitrogen and oxygen atoms in total. The maximum absolute atomic E-state index is 11.9. The number of halogens is 2. The van der Waals surface area contributed by atoms with Crippen molar-refractivity contribution in [1.29, 1.82) is 0 Å². The summed E-state index contributed by atoms with van der Waals surface area (Å²) >= 11 is 5.36. The summed E-state index contributed by atoms with van der Waals surface area (Å²) in [5, 5.41) is 2.66. The highest BCUT2D eigenvalue weighted by atomic mass is 127. The van der Waals surface area contributed by atoms with Crippen LogP contribution < -0.4 is 5.32 Å². The second kappa shape index (κ2) is 7.56. The lowest BCUT2D eigenvalue weighted by atomic mass is 10.2. The highest BCUT2D eigenvalue weighted by molar-refractivity contribution is 14.1. The molecule has 0 spiro atoms. The van der Waals surface area contributed by atoms with E-state index >= 15 is 0 Å². The molecule has 0 aliphatic carbocycles. The molecular formula is C15H11BrINO3. The van der Waals surface area contributed by atoms with Gasteiger partial charge >= 0.3 is 5.97 Å². The minimum atomic E-state index is -0.510. The normalized spacial score (nSPS) is 10.0. The molecule has 0 saturated heterocycles. The van der Waals surface area contributed by atoms with Crippen LogP contribution in [0.2, 0.25) is 0 Å². The van der Waals surface area contributed by atoms with Crippen molar-refractivity contribution in [1.82, 2.24) is 0 Å². The summed E-state index contributed by atoms with van der Waals surface area (Å²) in [6, 6.07) is 14.2. The molecule has 0 unspecified atom stereocenters. The first kappa shape index (κ1) is 16.0. The van der Waals surface area contributed by atoms with Gasteiger partial charge in [0.25, 0.3) is 5.91 Å². The third-order valence-corrected chi connectivity index (χ3v) is 3.97. The number of benzene rings is 2. The predicted octanol–water partition coefficient (Wildman–Crippen LogP) is 3.85. The Kier molecular flexibility index (Phi) is 5.75. The van der Waals surface area contributed by atoms with Crippen LogP contribution in [0.25, 0.3) is 0 Å². The van der Waals surface area contributed by atoms with E-state index in [1.807, 2.05) is 34.7 Å². The number of rotatable bonds is 4. The molecule has 6 heteroatoms. The number of esters is 1. The summed E-state index contributed by atoms with van der Waals surface area (Å²) in [5.74, 6) is -0.892. The number of anilines is 1. The third-order valence-electron chi connectivity index (χ3n) is 2.54. The molecule has 2 rings (SSSR count). The second-order valence-corrected chi connectivity index (χ2v) is 6.19. The van der Waals surface area contributed by atoms with Crippen LogP contribution in [0.3, 0.4) is 0 Å². The van der Waals surface area contributed by atoms with E-state index in [-0.39, 0.29) is 12.5 Å². The zero-order valence-corrected chi connectivity index (χ0v) is 14.6. The average Bonchev–Trinajstić information content (AvgIpc) is 2.45. The molecule has 1 N–H and O–H groups in total. The zero-order chi connectivity index (χ0) is 15.2. The fourth-order valence-corrected chi connectivity index (χ4v) is 2.61. The topological polar surface area (TPSA) is 55.4 Å². The van der Waals surface area contributed by atoms with Crippen LogP contribution >= 0.6 is 38.5 Å². The van der Waals surface area contributed by atoms with E-state index in [0.29, 0.717) is 11.3 Å². The Hall–Kier alpha value is -1.41. The molecule has 0 saturated carbocycles. The van der Waals surface area contributed by atoms with Crippen LogP contribution in [0.1, 0.15) is 10.4 Å². The van der Waals surface area contributed by atoms with E-state index < -0.39 is 5.97 Å². The third kappa shape index (κ3) is 4.82. The maximum atomic E-state index is 11.9. The number of hydrogen-bond acceptors (Lipinski definition) is 3. The van der Waals surface area contributed by atoms with Crippen molar-refractivity contribution in [3.63, 3.8) is 0 Å². The van der Waals surface area contributed by atoms with Crippen molar-refractivity contribution >= 4 is 56.1 Å². The van der Waals surface area contributed by atoms with Crippen molar-refractivity contribution < 1.29 is 14.3 Å². The molecule has 0 aliphatic rings. The molecule has 2 aromatic rings. The molecule has 0 heterocycles. The maximum Gasteiger partial charge on any atom is 0.339 e. The smallest absolute Gasteiger partial charge is 0.339 e. The van der Waals surface area contributed by atoms with Gasteiger partial charge < -0.3 is 10.1 Å². The van der Waals surface area contributed by atoms with Gasteiger partial charge in [-0.3, -0.25) is 4.79 Å². The van der Waals surface area contributed by atoms with Crippen molar-refractivity contribution in [3.05, 3.63) is 62.1 Å². The van der Waals surface area contributed by atoms with Gasteiger partial charge in [0.05, 0.1) is 5.56 Å². The van der Waals surface area contributed by atoms with Gasteiger partial charge in [-0.25, -0.2) is 4.79 Å². The molecule has 108 valence electrons. The first-order valence-corrected chi connectivity index (χ1v) is 7.90. The Morgan fingerprint density at radius 2 is 1.90 bits per heavy atom. The predicted molar refractivity (Wildman–Crippen MR) is 92.2 cm³/mol. The largest absolute Gasteiger partial charge is 0.452 e. The van der Waals surface area contributed by atoms with Crippen molar-refractivity contribution in [3.8, 4) is 0 Å². The van der Waals surface area contributed by atoms with Crippen molar-refractivity contribution in [2.45, 2.75) is 0 Å². The minimum Gasteiger partial charge on any atom is -0.452 e. The highest BCUT2D eigenvalue weighted by Crippen LogP contribution is 2.16. The van der Waals surface area contributed by atoms with E-state index in [4.69, 9.17) is 4.74 Å². The first-order valence-electron chi connectivity index (χ1n) is 6.03. The number of carbonyl (C=O) groups is 2. The van der Waals surface area contributed by atoms with E-state index in [0.717, 1.165) is 8.04 Å². The van der Waals surface area contributed by atoms with Gasteiger partial charge in [-0.15, -0.1) is 0 Å². The Bertz CT molecular complexity index is 675. The summed E-state index contributed by atoms with van der Waals surface area (Å²) < 4.78 is 6.65. The second-order valence-electron chi connectivity index (χ2n) is 4.11. The fraction of sp³-hybridized carbons (Fsp3) is 0.0667. The summed E-state index contributed by atoms with van der Waals surface area (Å²) in [5.41, 5.74) is 1.09. The molecule has 21 heavy (non-hydrogen) atoms. The van der Waals surface area contributed by atoms with Crippen LogP contribution in [0, 0.1) is 3.57 Å². The molecule has 2 aromatic carbocycles. The SMILES string of the molecule is O=C(COC(=O)c1ccccc1I)Nc1cccc(Br)c1. The number of ether oxygens (including phenoxy) is 1. The number of carbonyl (C=O) groups excluding carboxylic acids is 2. The van der Waals surface area contributed by atoms with Crippen LogP contribution in [-0.2, 0) is 9.53 Å². The molecule has 0 radical (unpaired) electrons. The Morgan fingerprint density at radius 1 is 1.14 bits per heavy atom. The molecule has 1 amide bonds. The number of amides is 1. The van der Waals surface area contributed by atoms with E-state index in [2.05, 4.69) is 21.2 Å². The van der Waals surface area contributed by atoms with Gasteiger partial charge in [0.1, 0.15) is 0 Å². The lowest BCUT2D eigenvalue weighted by Crippen LogP contribution is -2.21. The van der Waals surface area contributed by atoms with Gasteiger partial charge in [0.2, 0.25) is 0 Å². The minimum absolute atomic E-state index is 0.323. The molecule has 0 fully saturated rings. The van der Waals surface area contributed by atoms with Crippen molar-refractivity contribution in [2.24, 2.45) is 0 Å². The Labute approximate surface area is 144 Å². The molecule has 0 bridgehead atoms. The molecule has 0 aromatic heterocycles. The quantitative estimate of drug-likeness (QED) is 0.558. The van der Waals surface area contributed by atoms with Gasteiger partial charge in [-0.05, 0) is 52.9 Å². The van der Waals surface area contributed by atoms with Gasteiger partial charge in [0.15, 0.2) is 6.61 Å². The summed E-state index contributed by atoms with van der Waals surface area (Å²) in [6.07, 6.45) is 0. The van der Waals surface area contributed by atoms with Crippen molar-refractivity contribution in [2.75, 3.05) is 11.9 Å². The van der Waals surface area contributed by atoms with Gasteiger partial charge in [-0.2, -0.15) is 0 Å². The van der Waals surface area contributed by atoms with E-state index in [1.54, 1.807) is 36.4 Å². The zero-order valence-electron chi connectivity index (χ0n) is 10.8. The van der Waals surface area contributed by atoms with E-state index in [1.165, 1.54) is 0 Å². The van der Waals surface area contributed by atoms with Crippen LogP contribution in [0.15, 0.2) is 53.0 Å².